The summed E-state index contributed by atoms with van der Waals surface area (Å²) in [6, 6.07) is 4.81. The van der Waals surface area contributed by atoms with Crippen LogP contribution in [0.2, 0.25) is 0 Å². The number of carboxylic acids is 1. The molecule has 0 heterocycles. The average molecular weight is 399 g/mol. The average Bonchev–Trinajstić information content (AvgIpc) is 2.86. The highest BCUT2D eigenvalue weighted by atomic mass is 19.4. The zero-order chi connectivity index (χ0) is 20.5. The highest BCUT2D eigenvalue weighted by molar-refractivity contribution is 5.67. The maximum Gasteiger partial charge on any atom is 0.416 e. The van der Waals surface area contributed by atoms with Gasteiger partial charge in [0.15, 0.2) is 6.61 Å². The summed E-state index contributed by atoms with van der Waals surface area (Å²) in [7, 11) is 0. The van der Waals surface area contributed by atoms with Crippen LogP contribution in [-0.2, 0) is 15.8 Å². The van der Waals surface area contributed by atoms with Crippen molar-refractivity contribution in [3.05, 3.63) is 58.8 Å². The van der Waals surface area contributed by atoms with Gasteiger partial charge in [-0.2, -0.15) is 13.2 Å². The molecule has 152 valence electrons. The Kier molecular flexibility index (Phi) is 5.78. The van der Waals surface area contributed by atoms with Gasteiger partial charge in [0.1, 0.15) is 0 Å². The fraction of sp³-hybridized carbons (Fsp3) is 0.421. The van der Waals surface area contributed by atoms with E-state index in [0.29, 0.717) is 18.5 Å². The third-order valence-electron chi connectivity index (χ3n) is 5.08. The van der Waals surface area contributed by atoms with Crippen molar-refractivity contribution in [2.75, 3.05) is 6.61 Å². The van der Waals surface area contributed by atoms with Crippen molar-refractivity contribution in [1.29, 1.82) is 0 Å². The van der Waals surface area contributed by atoms with Gasteiger partial charge in [0.25, 0.3) is 0 Å². The van der Waals surface area contributed by atoms with Crippen molar-refractivity contribution in [3.8, 4) is 0 Å². The van der Waals surface area contributed by atoms with Gasteiger partial charge < -0.3 is 15.3 Å². The molecule has 3 unspecified atom stereocenters. The van der Waals surface area contributed by atoms with E-state index in [1.54, 1.807) is 0 Å². The summed E-state index contributed by atoms with van der Waals surface area (Å²) in [5, 5.41) is 29.1. The normalized spacial score (nSPS) is 25.5. The molecule has 1 aromatic rings. The molecule has 0 aliphatic heterocycles. The van der Waals surface area contributed by atoms with Gasteiger partial charge in [-0.25, -0.2) is 4.79 Å². The van der Waals surface area contributed by atoms with E-state index in [-0.39, 0.29) is 17.4 Å². The first-order valence-corrected chi connectivity index (χ1v) is 8.70. The zero-order valence-electron chi connectivity index (χ0n) is 14.7. The standard InChI is InChI=1S/C19H20F3NO5/c20-19(21,22)14-4-2-1-3-11(14)16(24)6-5-10-7-12-13(18(10)27)8-15(12)23-28-9-17(25)26/h1-6,10,13,16,18,23-24,27H,7-9H2,(H,25,26)/t10?,13-,16?,18?/m1/s1. The Bertz CT molecular complexity index is 805. The summed E-state index contributed by atoms with van der Waals surface area (Å²) in [6.07, 6.45) is -3.00. The summed E-state index contributed by atoms with van der Waals surface area (Å²) < 4.78 is 39.2. The molecular weight excluding hydrogens is 379 g/mol. The molecule has 0 amide bonds. The highest BCUT2D eigenvalue weighted by Crippen LogP contribution is 2.49. The molecule has 2 aliphatic rings. The number of carbonyl (C=O) groups is 1. The summed E-state index contributed by atoms with van der Waals surface area (Å²) >= 11 is 0. The van der Waals surface area contributed by atoms with E-state index in [4.69, 9.17) is 9.94 Å². The first-order chi connectivity index (χ1) is 13.2. The number of fused-ring (bicyclic) bond motifs is 1. The number of aliphatic hydroxyl groups excluding tert-OH is 2. The minimum Gasteiger partial charge on any atom is -0.479 e. The lowest BCUT2D eigenvalue weighted by atomic mass is 9.83. The summed E-state index contributed by atoms with van der Waals surface area (Å²) in [4.78, 5) is 15.3. The van der Waals surface area contributed by atoms with Crippen LogP contribution in [0.3, 0.4) is 0 Å². The Morgan fingerprint density at radius 1 is 1.32 bits per heavy atom. The number of alkyl halides is 3. The molecule has 28 heavy (non-hydrogen) atoms. The van der Waals surface area contributed by atoms with Crippen LogP contribution in [0.5, 0.6) is 0 Å². The van der Waals surface area contributed by atoms with E-state index in [1.807, 2.05) is 0 Å². The Labute approximate surface area is 158 Å². The van der Waals surface area contributed by atoms with E-state index in [0.717, 1.165) is 11.6 Å². The molecule has 1 fully saturated rings. The van der Waals surface area contributed by atoms with E-state index in [1.165, 1.54) is 30.4 Å². The SMILES string of the molecule is O=C(O)CONC1=C2CC(C=CC(O)c3ccccc3C(F)(F)F)C(O)[C@@H]2C1. The molecule has 9 heteroatoms. The van der Waals surface area contributed by atoms with Crippen LogP contribution in [0.25, 0.3) is 0 Å². The number of aliphatic hydroxyl groups is 2. The minimum absolute atomic E-state index is 0.106. The second kappa shape index (κ2) is 7.94. The highest BCUT2D eigenvalue weighted by Gasteiger charge is 2.45. The van der Waals surface area contributed by atoms with Crippen molar-refractivity contribution in [2.24, 2.45) is 11.8 Å². The van der Waals surface area contributed by atoms with Gasteiger partial charge in [0.05, 0.1) is 17.8 Å². The van der Waals surface area contributed by atoms with Gasteiger partial charge in [0, 0.05) is 17.5 Å². The van der Waals surface area contributed by atoms with E-state index < -0.39 is 36.5 Å². The van der Waals surface area contributed by atoms with Gasteiger partial charge in [0.2, 0.25) is 0 Å². The Morgan fingerprint density at radius 2 is 2.04 bits per heavy atom. The molecule has 1 aromatic carbocycles. The summed E-state index contributed by atoms with van der Waals surface area (Å²) in [5.74, 6) is -1.58. The second-order valence-corrected chi connectivity index (χ2v) is 6.87. The van der Waals surface area contributed by atoms with Crippen LogP contribution in [0.4, 0.5) is 13.2 Å². The fourth-order valence-electron chi connectivity index (χ4n) is 3.68. The molecule has 6 nitrogen and oxygen atoms in total. The quantitative estimate of drug-likeness (QED) is 0.416. The third-order valence-corrected chi connectivity index (χ3v) is 5.08. The summed E-state index contributed by atoms with van der Waals surface area (Å²) in [6.45, 7) is -0.502. The number of halogens is 3. The van der Waals surface area contributed by atoms with Crippen LogP contribution >= 0.6 is 0 Å². The number of allylic oxidation sites excluding steroid dienone is 1. The van der Waals surface area contributed by atoms with Gasteiger partial charge in [-0.1, -0.05) is 30.4 Å². The van der Waals surface area contributed by atoms with Gasteiger partial charge in [-0.05, 0) is 30.0 Å². The van der Waals surface area contributed by atoms with Crippen LogP contribution in [0.15, 0.2) is 47.7 Å². The number of aliphatic carboxylic acids is 1. The lowest BCUT2D eigenvalue weighted by Gasteiger charge is -2.30. The molecule has 0 bridgehead atoms. The lowest BCUT2D eigenvalue weighted by molar-refractivity contribution is -0.144. The van der Waals surface area contributed by atoms with Gasteiger partial charge in [-0.3, -0.25) is 10.3 Å². The molecule has 0 spiro atoms. The van der Waals surface area contributed by atoms with Gasteiger partial charge >= 0.3 is 12.1 Å². The predicted molar refractivity (Wildman–Crippen MR) is 91.5 cm³/mol. The van der Waals surface area contributed by atoms with Crippen LogP contribution < -0.4 is 5.48 Å². The summed E-state index contributed by atoms with van der Waals surface area (Å²) in [5.41, 5.74) is 3.04. The van der Waals surface area contributed by atoms with Crippen LogP contribution in [0.1, 0.15) is 30.1 Å². The fourth-order valence-corrected chi connectivity index (χ4v) is 3.68. The molecular formula is C19H20F3NO5. The maximum absolute atomic E-state index is 13.1. The Morgan fingerprint density at radius 3 is 2.71 bits per heavy atom. The number of hydroxylamine groups is 1. The molecule has 3 rings (SSSR count). The van der Waals surface area contributed by atoms with Crippen molar-refractivity contribution < 1.29 is 38.1 Å². The molecule has 1 saturated carbocycles. The molecule has 0 saturated heterocycles. The second-order valence-electron chi connectivity index (χ2n) is 6.87. The number of benzene rings is 1. The first kappa shape index (κ1) is 20.4. The lowest BCUT2D eigenvalue weighted by Crippen LogP contribution is -2.32. The van der Waals surface area contributed by atoms with Crippen molar-refractivity contribution in [1.82, 2.24) is 5.48 Å². The number of hydrogen-bond donors (Lipinski definition) is 4. The molecule has 4 atom stereocenters. The number of hydrogen-bond acceptors (Lipinski definition) is 5. The number of nitrogens with one attached hydrogen (secondary N) is 1. The maximum atomic E-state index is 13.1. The Balaban J connectivity index is 1.66. The molecule has 0 radical (unpaired) electrons. The minimum atomic E-state index is -4.57. The number of rotatable bonds is 7. The topological polar surface area (TPSA) is 99.0 Å². The van der Waals surface area contributed by atoms with Crippen LogP contribution in [-0.4, -0.2) is 34.0 Å². The van der Waals surface area contributed by atoms with E-state index >= 15 is 0 Å². The zero-order valence-corrected chi connectivity index (χ0v) is 14.7. The molecule has 0 aromatic heterocycles. The van der Waals surface area contributed by atoms with E-state index in [2.05, 4.69) is 5.48 Å². The molecule has 4 N–H and O–H groups in total. The van der Waals surface area contributed by atoms with Crippen molar-refractivity contribution in [2.45, 2.75) is 31.2 Å². The predicted octanol–water partition coefficient (Wildman–Crippen LogP) is 2.56. The van der Waals surface area contributed by atoms with E-state index in [9.17, 15) is 28.2 Å². The van der Waals surface area contributed by atoms with Crippen LogP contribution in [0, 0.1) is 11.8 Å². The largest absolute Gasteiger partial charge is 0.479 e. The first-order valence-electron chi connectivity index (χ1n) is 8.70. The monoisotopic (exact) mass is 399 g/mol. The smallest absolute Gasteiger partial charge is 0.416 e. The number of carboxylic acid groups (broad SMARTS) is 1. The Hall–Kier alpha value is -2.36. The van der Waals surface area contributed by atoms with Gasteiger partial charge in [-0.15, -0.1) is 0 Å². The van der Waals surface area contributed by atoms with Crippen molar-refractivity contribution in [3.63, 3.8) is 0 Å². The van der Waals surface area contributed by atoms with Crippen molar-refractivity contribution >= 4 is 5.97 Å². The molecule has 2 aliphatic carbocycles. The third kappa shape index (κ3) is 4.21.